The van der Waals surface area contributed by atoms with E-state index in [1.165, 1.54) is 29.0 Å². The number of hydrogen-bond acceptors (Lipinski definition) is 4. The Morgan fingerprint density at radius 1 is 1.17 bits per heavy atom. The standard InChI is InChI=1S/C20H23N3S/c1-3-23(4-2)16-11-9-15(10-12-16)14-22-20-18(13-21)17-7-5-6-8-19(17)24-20/h9-12,14H,3-8H2,1-2H3. The third kappa shape index (κ3) is 3.37. The number of aliphatic imine (C=N–C) groups is 1. The van der Waals surface area contributed by atoms with E-state index >= 15 is 0 Å². The minimum Gasteiger partial charge on any atom is -0.372 e. The van der Waals surface area contributed by atoms with Crippen LogP contribution in [0.4, 0.5) is 10.7 Å². The zero-order valence-electron chi connectivity index (χ0n) is 14.4. The summed E-state index contributed by atoms with van der Waals surface area (Å²) in [6.45, 7) is 6.36. The SMILES string of the molecule is CCN(CC)c1ccc(C=Nc2sc3c(c2C#N)CCCC3)cc1. The second-order valence-corrected chi connectivity index (χ2v) is 7.11. The molecule has 2 aromatic rings. The quantitative estimate of drug-likeness (QED) is 0.712. The van der Waals surface area contributed by atoms with Gasteiger partial charge in [-0.1, -0.05) is 12.1 Å². The van der Waals surface area contributed by atoms with E-state index in [1.54, 1.807) is 11.3 Å². The number of hydrogen-bond donors (Lipinski definition) is 0. The lowest BCUT2D eigenvalue weighted by Crippen LogP contribution is -2.21. The first-order valence-electron chi connectivity index (χ1n) is 8.70. The summed E-state index contributed by atoms with van der Waals surface area (Å²) in [5.74, 6) is 0. The van der Waals surface area contributed by atoms with Gasteiger partial charge in [-0.3, -0.25) is 0 Å². The van der Waals surface area contributed by atoms with Crippen LogP contribution in [-0.4, -0.2) is 19.3 Å². The Morgan fingerprint density at radius 3 is 2.54 bits per heavy atom. The van der Waals surface area contributed by atoms with E-state index in [9.17, 15) is 5.26 Å². The molecule has 1 aliphatic rings. The zero-order chi connectivity index (χ0) is 16.9. The van der Waals surface area contributed by atoms with Gasteiger partial charge in [0, 0.05) is 29.9 Å². The second kappa shape index (κ2) is 7.63. The molecule has 0 radical (unpaired) electrons. The van der Waals surface area contributed by atoms with Crippen LogP contribution in [0.1, 0.15) is 48.3 Å². The van der Waals surface area contributed by atoms with Gasteiger partial charge in [-0.25, -0.2) is 4.99 Å². The molecule has 1 aromatic carbocycles. The predicted octanol–water partition coefficient (Wildman–Crippen LogP) is 5.10. The maximum absolute atomic E-state index is 9.49. The molecule has 1 heterocycles. The van der Waals surface area contributed by atoms with Crippen molar-refractivity contribution in [3.05, 3.63) is 45.8 Å². The van der Waals surface area contributed by atoms with E-state index in [0.29, 0.717) is 0 Å². The summed E-state index contributed by atoms with van der Waals surface area (Å²) in [5, 5.41) is 10.4. The first-order valence-corrected chi connectivity index (χ1v) is 9.52. The van der Waals surface area contributed by atoms with Crippen molar-refractivity contribution in [1.29, 1.82) is 5.26 Å². The molecule has 4 heteroatoms. The van der Waals surface area contributed by atoms with Gasteiger partial charge < -0.3 is 4.90 Å². The number of fused-ring (bicyclic) bond motifs is 1. The van der Waals surface area contributed by atoms with Gasteiger partial charge >= 0.3 is 0 Å². The second-order valence-electron chi connectivity index (χ2n) is 6.02. The normalized spacial score (nSPS) is 13.7. The number of aryl methyl sites for hydroxylation is 1. The first kappa shape index (κ1) is 16.7. The van der Waals surface area contributed by atoms with Crippen LogP contribution in [0.3, 0.4) is 0 Å². The lowest BCUT2D eigenvalue weighted by atomic mass is 9.96. The van der Waals surface area contributed by atoms with Gasteiger partial charge in [-0.15, -0.1) is 11.3 Å². The number of thiophene rings is 1. The fraction of sp³-hybridized carbons (Fsp3) is 0.400. The van der Waals surface area contributed by atoms with Crippen molar-refractivity contribution in [2.75, 3.05) is 18.0 Å². The molecule has 0 aliphatic heterocycles. The smallest absolute Gasteiger partial charge is 0.134 e. The summed E-state index contributed by atoms with van der Waals surface area (Å²) in [6, 6.07) is 10.8. The molecule has 0 saturated carbocycles. The van der Waals surface area contributed by atoms with Crippen LogP contribution in [0.2, 0.25) is 0 Å². The molecule has 0 bridgehead atoms. The summed E-state index contributed by atoms with van der Waals surface area (Å²) < 4.78 is 0. The average Bonchev–Trinajstić information content (AvgIpc) is 2.99. The van der Waals surface area contributed by atoms with Crippen LogP contribution in [-0.2, 0) is 12.8 Å². The van der Waals surface area contributed by atoms with Crippen LogP contribution in [0.15, 0.2) is 29.3 Å². The van der Waals surface area contributed by atoms with Crippen molar-refractivity contribution >= 4 is 28.2 Å². The number of rotatable bonds is 5. The van der Waals surface area contributed by atoms with Gasteiger partial charge in [0.25, 0.3) is 0 Å². The zero-order valence-corrected chi connectivity index (χ0v) is 15.2. The highest BCUT2D eigenvalue weighted by atomic mass is 32.1. The van der Waals surface area contributed by atoms with Gasteiger partial charge in [0.2, 0.25) is 0 Å². The molecule has 1 aromatic heterocycles. The van der Waals surface area contributed by atoms with Crippen LogP contribution in [0.5, 0.6) is 0 Å². The lowest BCUT2D eigenvalue weighted by molar-refractivity contribution is 0.696. The molecule has 1 aliphatic carbocycles. The van der Waals surface area contributed by atoms with E-state index < -0.39 is 0 Å². The fourth-order valence-electron chi connectivity index (χ4n) is 3.25. The lowest BCUT2D eigenvalue weighted by Gasteiger charge is -2.20. The average molecular weight is 337 g/mol. The summed E-state index contributed by atoms with van der Waals surface area (Å²) in [7, 11) is 0. The van der Waals surface area contributed by atoms with E-state index in [4.69, 9.17) is 0 Å². The molecule has 0 atom stereocenters. The molecular weight excluding hydrogens is 314 g/mol. The third-order valence-corrected chi connectivity index (χ3v) is 5.82. The molecular formula is C20H23N3S. The van der Waals surface area contributed by atoms with Crippen molar-refractivity contribution in [3.63, 3.8) is 0 Å². The van der Waals surface area contributed by atoms with Crippen LogP contribution < -0.4 is 4.90 Å². The van der Waals surface area contributed by atoms with E-state index in [2.05, 4.69) is 54.1 Å². The molecule has 0 fully saturated rings. The summed E-state index contributed by atoms with van der Waals surface area (Å²) in [6.07, 6.45) is 6.43. The highest BCUT2D eigenvalue weighted by molar-refractivity contribution is 7.16. The third-order valence-electron chi connectivity index (χ3n) is 4.62. The minimum atomic E-state index is 0.797. The van der Waals surface area contributed by atoms with Crippen molar-refractivity contribution in [2.24, 2.45) is 4.99 Å². The summed E-state index contributed by atoms with van der Waals surface area (Å²) in [4.78, 5) is 8.31. The maximum Gasteiger partial charge on any atom is 0.134 e. The first-order chi connectivity index (χ1) is 11.8. The molecule has 0 saturated heterocycles. The number of nitriles is 1. The van der Waals surface area contributed by atoms with Crippen molar-refractivity contribution in [3.8, 4) is 6.07 Å². The molecule has 0 N–H and O–H groups in total. The Balaban J connectivity index is 1.81. The Kier molecular flexibility index (Phi) is 5.32. The van der Waals surface area contributed by atoms with Crippen LogP contribution >= 0.6 is 11.3 Å². The van der Waals surface area contributed by atoms with Crippen molar-refractivity contribution in [2.45, 2.75) is 39.5 Å². The van der Waals surface area contributed by atoms with Gasteiger partial charge in [-0.05, 0) is 62.8 Å². The number of benzene rings is 1. The molecule has 0 unspecified atom stereocenters. The van der Waals surface area contributed by atoms with Crippen molar-refractivity contribution in [1.82, 2.24) is 0 Å². The number of anilines is 1. The molecule has 0 amide bonds. The molecule has 3 nitrogen and oxygen atoms in total. The monoisotopic (exact) mass is 337 g/mol. The Hall–Kier alpha value is -2.12. The Morgan fingerprint density at radius 2 is 1.88 bits per heavy atom. The van der Waals surface area contributed by atoms with Gasteiger partial charge in [-0.2, -0.15) is 5.26 Å². The van der Waals surface area contributed by atoms with Crippen molar-refractivity contribution < 1.29 is 0 Å². The molecule has 24 heavy (non-hydrogen) atoms. The van der Waals surface area contributed by atoms with Gasteiger partial charge in [0.15, 0.2) is 0 Å². The molecule has 124 valence electrons. The highest BCUT2D eigenvalue weighted by Gasteiger charge is 2.20. The molecule has 0 spiro atoms. The van der Waals surface area contributed by atoms with E-state index in [1.807, 2.05) is 6.21 Å². The predicted molar refractivity (Wildman–Crippen MR) is 103 cm³/mol. The van der Waals surface area contributed by atoms with Gasteiger partial charge in [0.05, 0.1) is 5.56 Å². The maximum atomic E-state index is 9.49. The Bertz CT molecular complexity index is 761. The van der Waals surface area contributed by atoms with Crippen LogP contribution in [0.25, 0.3) is 0 Å². The fourth-order valence-corrected chi connectivity index (χ4v) is 4.43. The Labute approximate surface area is 148 Å². The topological polar surface area (TPSA) is 39.4 Å². The van der Waals surface area contributed by atoms with E-state index in [0.717, 1.165) is 42.1 Å². The number of nitrogens with zero attached hydrogens (tertiary/aromatic N) is 3. The largest absolute Gasteiger partial charge is 0.372 e. The van der Waals surface area contributed by atoms with Crippen LogP contribution in [0, 0.1) is 11.3 Å². The highest BCUT2D eigenvalue weighted by Crippen LogP contribution is 2.39. The van der Waals surface area contributed by atoms with E-state index in [-0.39, 0.29) is 0 Å². The molecule has 3 rings (SSSR count). The summed E-state index contributed by atoms with van der Waals surface area (Å²) in [5.41, 5.74) is 4.35. The summed E-state index contributed by atoms with van der Waals surface area (Å²) >= 11 is 1.69. The van der Waals surface area contributed by atoms with Gasteiger partial charge in [0.1, 0.15) is 11.1 Å². The minimum absolute atomic E-state index is 0.797.